The molecule has 0 aliphatic rings. The highest BCUT2D eigenvalue weighted by Crippen LogP contribution is 2.21. The molecular formula is C9H5BrNO. The fourth-order valence-electron chi connectivity index (χ4n) is 1.08. The van der Waals surface area contributed by atoms with Gasteiger partial charge in [0.2, 0.25) is 0 Å². The number of halogens is 1. The molecule has 0 aliphatic heterocycles. The zero-order valence-electron chi connectivity index (χ0n) is 6.12. The molecule has 0 aliphatic carbocycles. The molecule has 2 nitrogen and oxygen atoms in total. The Hall–Kier alpha value is -1.09. The van der Waals surface area contributed by atoms with Gasteiger partial charge < -0.3 is 0 Å². The molecule has 0 amide bonds. The lowest BCUT2D eigenvalue weighted by atomic mass is 10.2. The summed E-state index contributed by atoms with van der Waals surface area (Å²) in [5.41, 5.74) is 0.845. The second-order valence-electron chi connectivity index (χ2n) is 2.51. The normalized spacial score (nSPS) is 10.4. The maximum Gasteiger partial charge on any atom is 0.197 e. The number of fused-ring (bicyclic) bond motifs is 1. The van der Waals surface area contributed by atoms with Crippen molar-refractivity contribution in [3.63, 3.8) is 0 Å². The van der Waals surface area contributed by atoms with Gasteiger partial charge in [-0.15, -0.1) is 0 Å². The second-order valence-corrected chi connectivity index (χ2v) is 3.42. The van der Waals surface area contributed by atoms with Crippen LogP contribution in [0.3, 0.4) is 0 Å². The molecule has 12 heavy (non-hydrogen) atoms. The molecule has 2 rings (SSSR count). The molecule has 59 valence electrons. The van der Waals surface area contributed by atoms with Crippen molar-refractivity contribution in [3.8, 4) is 5.75 Å². The van der Waals surface area contributed by atoms with Gasteiger partial charge in [0.1, 0.15) is 0 Å². The Morgan fingerprint density at radius 2 is 2.08 bits per heavy atom. The average Bonchev–Trinajstić information content (AvgIpc) is 2.03. The number of rotatable bonds is 0. The van der Waals surface area contributed by atoms with Crippen molar-refractivity contribution in [1.82, 2.24) is 4.98 Å². The van der Waals surface area contributed by atoms with Gasteiger partial charge in [0.25, 0.3) is 0 Å². The summed E-state index contributed by atoms with van der Waals surface area (Å²) in [6.45, 7) is 0. The molecule has 0 N–H and O–H groups in total. The van der Waals surface area contributed by atoms with E-state index in [1.165, 1.54) is 6.20 Å². The summed E-state index contributed by atoms with van der Waals surface area (Å²) in [4.78, 5) is 3.99. The van der Waals surface area contributed by atoms with Gasteiger partial charge in [-0.3, -0.25) is 10.1 Å². The molecule has 2 aromatic rings. The monoisotopic (exact) mass is 222 g/mol. The quantitative estimate of drug-likeness (QED) is 0.675. The third-order valence-corrected chi connectivity index (χ3v) is 2.11. The Balaban J connectivity index is 2.80. The first-order valence-electron chi connectivity index (χ1n) is 3.48. The summed E-state index contributed by atoms with van der Waals surface area (Å²) in [5.74, 6) is -0.0550. The lowest BCUT2D eigenvalue weighted by molar-refractivity contribution is 0.354. The molecule has 1 heterocycles. The highest BCUT2D eigenvalue weighted by molar-refractivity contribution is 9.10. The van der Waals surface area contributed by atoms with E-state index in [0.717, 1.165) is 15.4 Å². The summed E-state index contributed by atoms with van der Waals surface area (Å²) in [6.07, 6.45) is 1.33. The van der Waals surface area contributed by atoms with E-state index in [9.17, 15) is 5.11 Å². The van der Waals surface area contributed by atoms with Crippen molar-refractivity contribution >= 4 is 26.8 Å². The summed E-state index contributed by atoms with van der Waals surface area (Å²) < 4.78 is 0.961. The summed E-state index contributed by atoms with van der Waals surface area (Å²) in [6, 6.07) is 7.23. The minimum absolute atomic E-state index is 0.0550. The largest absolute Gasteiger partial charge is 0.288 e. The fourth-order valence-corrected chi connectivity index (χ4v) is 1.46. The van der Waals surface area contributed by atoms with E-state index in [1.807, 2.05) is 18.2 Å². The summed E-state index contributed by atoms with van der Waals surface area (Å²) in [5, 5.41) is 11.8. The van der Waals surface area contributed by atoms with Crippen LogP contribution >= 0.6 is 15.9 Å². The molecule has 1 aromatic heterocycles. The number of pyridine rings is 1. The number of benzene rings is 1. The molecule has 0 unspecified atom stereocenters. The Bertz CT molecular complexity index is 391. The van der Waals surface area contributed by atoms with Crippen molar-refractivity contribution in [2.45, 2.75) is 0 Å². The molecule has 1 radical (unpaired) electrons. The van der Waals surface area contributed by atoms with Crippen LogP contribution in [0.2, 0.25) is 0 Å². The van der Waals surface area contributed by atoms with E-state index in [1.54, 1.807) is 6.07 Å². The van der Waals surface area contributed by atoms with Gasteiger partial charge in [0, 0.05) is 9.86 Å². The van der Waals surface area contributed by atoms with Crippen LogP contribution in [0.15, 0.2) is 34.9 Å². The van der Waals surface area contributed by atoms with Crippen LogP contribution in [0.1, 0.15) is 0 Å². The van der Waals surface area contributed by atoms with Crippen LogP contribution in [-0.4, -0.2) is 4.98 Å². The number of aromatic nitrogens is 1. The highest BCUT2D eigenvalue weighted by Gasteiger charge is 1.97. The Kier molecular flexibility index (Phi) is 1.73. The van der Waals surface area contributed by atoms with Crippen molar-refractivity contribution in [2.75, 3.05) is 0 Å². The van der Waals surface area contributed by atoms with Crippen LogP contribution in [0.5, 0.6) is 5.75 Å². The minimum Gasteiger partial charge on any atom is -0.288 e. The maximum absolute atomic E-state index is 10.9. The third-order valence-electron chi connectivity index (χ3n) is 1.62. The van der Waals surface area contributed by atoms with E-state index in [0.29, 0.717) is 0 Å². The predicted molar refractivity (Wildman–Crippen MR) is 49.6 cm³/mol. The van der Waals surface area contributed by atoms with Crippen LogP contribution in [0.25, 0.3) is 10.9 Å². The third kappa shape index (κ3) is 1.28. The standard InChI is InChI=1S/C9H5BrNO/c10-7-1-2-9-6(3-7)4-8(12)5-11-9/h1-5H. The predicted octanol–water partition coefficient (Wildman–Crippen LogP) is 3.14. The van der Waals surface area contributed by atoms with Gasteiger partial charge >= 0.3 is 0 Å². The zero-order valence-corrected chi connectivity index (χ0v) is 7.71. The van der Waals surface area contributed by atoms with E-state index < -0.39 is 0 Å². The Morgan fingerprint density at radius 1 is 1.25 bits per heavy atom. The Morgan fingerprint density at radius 3 is 2.92 bits per heavy atom. The first kappa shape index (κ1) is 7.55. The maximum atomic E-state index is 10.9. The van der Waals surface area contributed by atoms with E-state index >= 15 is 0 Å². The molecule has 0 bridgehead atoms. The highest BCUT2D eigenvalue weighted by atomic mass is 79.9. The Labute approximate surface area is 78.0 Å². The topological polar surface area (TPSA) is 32.8 Å². The SMILES string of the molecule is [O]c1cnc2ccc(Br)cc2c1. The van der Waals surface area contributed by atoms with Crippen LogP contribution in [0, 0.1) is 0 Å². The average molecular weight is 223 g/mol. The molecule has 0 atom stereocenters. The van der Waals surface area contributed by atoms with Gasteiger partial charge in [-0.05, 0) is 24.3 Å². The van der Waals surface area contributed by atoms with Crippen molar-refractivity contribution in [2.24, 2.45) is 0 Å². The van der Waals surface area contributed by atoms with E-state index in [4.69, 9.17) is 0 Å². The first-order chi connectivity index (χ1) is 5.75. The lowest BCUT2D eigenvalue weighted by Gasteiger charge is -1.96. The van der Waals surface area contributed by atoms with Gasteiger partial charge in [-0.25, -0.2) is 0 Å². The number of hydrogen-bond donors (Lipinski definition) is 0. The first-order valence-corrected chi connectivity index (χ1v) is 4.27. The van der Waals surface area contributed by atoms with Gasteiger partial charge in [0.15, 0.2) is 5.75 Å². The van der Waals surface area contributed by atoms with Crippen LogP contribution in [-0.2, 0) is 5.11 Å². The van der Waals surface area contributed by atoms with Crippen LogP contribution in [0.4, 0.5) is 0 Å². The van der Waals surface area contributed by atoms with Crippen molar-refractivity contribution < 1.29 is 5.11 Å². The summed E-state index contributed by atoms with van der Waals surface area (Å²) >= 11 is 3.33. The molecule has 0 spiro atoms. The minimum atomic E-state index is -0.0550. The molecule has 0 saturated heterocycles. The second kappa shape index (κ2) is 2.75. The fraction of sp³-hybridized carbons (Fsp3) is 0. The smallest absolute Gasteiger partial charge is 0.197 e. The van der Waals surface area contributed by atoms with Crippen molar-refractivity contribution in [1.29, 1.82) is 0 Å². The molecule has 1 aromatic carbocycles. The van der Waals surface area contributed by atoms with Crippen LogP contribution < -0.4 is 0 Å². The van der Waals surface area contributed by atoms with Gasteiger partial charge in [-0.2, -0.15) is 0 Å². The molecule has 0 fully saturated rings. The van der Waals surface area contributed by atoms with Gasteiger partial charge in [0.05, 0.1) is 11.7 Å². The molecular weight excluding hydrogens is 218 g/mol. The van der Waals surface area contributed by atoms with E-state index in [2.05, 4.69) is 20.9 Å². The summed E-state index contributed by atoms with van der Waals surface area (Å²) in [7, 11) is 0. The molecule has 0 saturated carbocycles. The van der Waals surface area contributed by atoms with Gasteiger partial charge in [-0.1, -0.05) is 15.9 Å². The number of nitrogens with zero attached hydrogens (tertiary/aromatic N) is 1. The lowest BCUT2D eigenvalue weighted by Crippen LogP contribution is -1.76. The zero-order chi connectivity index (χ0) is 8.55. The van der Waals surface area contributed by atoms with E-state index in [-0.39, 0.29) is 5.75 Å². The van der Waals surface area contributed by atoms with Crippen molar-refractivity contribution in [3.05, 3.63) is 34.9 Å². The number of hydrogen-bond acceptors (Lipinski definition) is 1. The molecule has 3 heteroatoms.